The predicted octanol–water partition coefficient (Wildman–Crippen LogP) is 2.26. The maximum Gasteiger partial charge on any atom is 0.227 e. The van der Waals surface area contributed by atoms with Crippen LogP contribution in [-0.2, 0) is 16.1 Å². The van der Waals surface area contributed by atoms with Crippen LogP contribution < -0.4 is 10.2 Å². The van der Waals surface area contributed by atoms with Gasteiger partial charge in [0.1, 0.15) is 0 Å². The van der Waals surface area contributed by atoms with Gasteiger partial charge in [-0.3, -0.25) is 9.59 Å². The molecule has 1 aliphatic rings. The van der Waals surface area contributed by atoms with Gasteiger partial charge < -0.3 is 10.2 Å². The molecule has 0 unspecified atom stereocenters. The molecule has 30 heavy (non-hydrogen) atoms. The van der Waals surface area contributed by atoms with Crippen LogP contribution >= 0.6 is 0 Å². The minimum absolute atomic E-state index is 0.0426. The molecule has 8 nitrogen and oxygen atoms in total. The molecule has 1 atom stereocenters. The van der Waals surface area contributed by atoms with Crippen LogP contribution in [0.5, 0.6) is 0 Å². The number of carbonyl (C=O) groups is 2. The summed E-state index contributed by atoms with van der Waals surface area (Å²) in [4.78, 5) is 26.8. The summed E-state index contributed by atoms with van der Waals surface area (Å²) >= 11 is 0. The molecule has 4 rings (SSSR count). The molecule has 0 radical (unpaired) electrons. The second kappa shape index (κ2) is 8.06. The number of aryl methyl sites for hydroxylation is 3. The van der Waals surface area contributed by atoms with Gasteiger partial charge in [-0.1, -0.05) is 23.8 Å². The van der Waals surface area contributed by atoms with Gasteiger partial charge in [0.2, 0.25) is 11.8 Å². The maximum atomic E-state index is 12.7. The highest BCUT2D eigenvalue weighted by atomic mass is 16.2. The monoisotopic (exact) mass is 404 g/mol. The van der Waals surface area contributed by atoms with Crippen LogP contribution in [0.4, 0.5) is 5.69 Å². The predicted molar refractivity (Wildman–Crippen MR) is 112 cm³/mol. The second-order valence-electron chi connectivity index (χ2n) is 7.73. The third-order valence-electron chi connectivity index (χ3n) is 5.53. The average Bonchev–Trinajstić information content (AvgIpc) is 3.35. The Labute approximate surface area is 174 Å². The van der Waals surface area contributed by atoms with Gasteiger partial charge in [-0.15, -0.1) is 5.10 Å². The van der Waals surface area contributed by atoms with Crippen molar-refractivity contribution in [1.29, 1.82) is 0 Å². The molecule has 1 fully saturated rings. The van der Waals surface area contributed by atoms with Crippen LogP contribution in [0.25, 0.3) is 5.69 Å². The first-order valence-electron chi connectivity index (χ1n) is 9.92. The van der Waals surface area contributed by atoms with E-state index >= 15 is 0 Å². The molecule has 8 heteroatoms. The zero-order valence-electron chi connectivity index (χ0n) is 17.3. The van der Waals surface area contributed by atoms with Crippen LogP contribution in [0.1, 0.15) is 28.9 Å². The minimum Gasteiger partial charge on any atom is -0.348 e. The number of aromatic nitrogens is 4. The van der Waals surface area contributed by atoms with E-state index in [2.05, 4.69) is 20.8 Å². The van der Waals surface area contributed by atoms with Crippen molar-refractivity contribution in [3.8, 4) is 5.69 Å². The van der Waals surface area contributed by atoms with E-state index in [4.69, 9.17) is 0 Å². The summed E-state index contributed by atoms with van der Waals surface area (Å²) in [6, 6.07) is 13.7. The number of amides is 2. The van der Waals surface area contributed by atoms with Crippen molar-refractivity contribution in [1.82, 2.24) is 25.5 Å². The molecule has 2 amide bonds. The number of rotatable bonds is 5. The van der Waals surface area contributed by atoms with Crippen LogP contribution in [0, 0.1) is 26.7 Å². The second-order valence-corrected chi connectivity index (χ2v) is 7.73. The van der Waals surface area contributed by atoms with Gasteiger partial charge in [0.05, 0.1) is 18.2 Å². The Morgan fingerprint density at radius 3 is 2.53 bits per heavy atom. The highest BCUT2D eigenvalue weighted by Gasteiger charge is 2.35. The van der Waals surface area contributed by atoms with Crippen LogP contribution in [0.15, 0.2) is 42.5 Å². The molecular weight excluding hydrogens is 380 g/mol. The van der Waals surface area contributed by atoms with Crippen molar-refractivity contribution < 1.29 is 9.59 Å². The topological polar surface area (TPSA) is 93.0 Å². The number of hydrogen-bond donors (Lipinski definition) is 1. The molecule has 154 valence electrons. The number of nitrogens with zero attached hydrogens (tertiary/aromatic N) is 5. The van der Waals surface area contributed by atoms with Crippen molar-refractivity contribution in [2.45, 2.75) is 33.7 Å². The van der Waals surface area contributed by atoms with E-state index in [9.17, 15) is 9.59 Å². The Kier molecular flexibility index (Phi) is 5.31. The number of tetrazole rings is 1. The van der Waals surface area contributed by atoms with Gasteiger partial charge in [-0.05, 0) is 66.6 Å². The van der Waals surface area contributed by atoms with Crippen molar-refractivity contribution in [3.05, 3.63) is 65.0 Å². The van der Waals surface area contributed by atoms with E-state index in [0.29, 0.717) is 12.4 Å². The standard InChI is InChI=1S/C22H24N6O2/c1-14-4-7-18(8-5-14)27-13-17(11-21(27)29)22(30)23-12-20-24-25-26-28(20)19-9-6-15(2)16(3)10-19/h4-10,17H,11-13H2,1-3H3,(H,23,30)/t17-/m0/s1. The summed E-state index contributed by atoms with van der Waals surface area (Å²) in [6.45, 7) is 6.63. The quantitative estimate of drug-likeness (QED) is 0.704. The molecule has 0 bridgehead atoms. The van der Waals surface area contributed by atoms with Crippen LogP contribution in [0.2, 0.25) is 0 Å². The summed E-state index contributed by atoms with van der Waals surface area (Å²) in [5.74, 6) is -0.0809. The summed E-state index contributed by atoms with van der Waals surface area (Å²) in [5.41, 5.74) is 5.11. The lowest BCUT2D eigenvalue weighted by Gasteiger charge is -2.17. The number of benzene rings is 2. The van der Waals surface area contributed by atoms with Crippen molar-refractivity contribution >= 4 is 17.5 Å². The minimum atomic E-state index is -0.398. The molecule has 1 N–H and O–H groups in total. The number of carbonyl (C=O) groups excluding carboxylic acids is 2. The van der Waals surface area contributed by atoms with E-state index in [1.807, 2.05) is 63.2 Å². The molecular formula is C22H24N6O2. The van der Waals surface area contributed by atoms with E-state index in [0.717, 1.165) is 22.5 Å². The van der Waals surface area contributed by atoms with Gasteiger partial charge in [0.25, 0.3) is 0 Å². The Hall–Kier alpha value is -3.55. The zero-order valence-corrected chi connectivity index (χ0v) is 17.3. The largest absolute Gasteiger partial charge is 0.348 e. The summed E-state index contributed by atoms with van der Waals surface area (Å²) in [7, 11) is 0. The fraction of sp³-hybridized carbons (Fsp3) is 0.318. The van der Waals surface area contributed by atoms with Crippen molar-refractivity contribution in [2.24, 2.45) is 5.92 Å². The van der Waals surface area contributed by atoms with Gasteiger partial charge in [-0.25, -0.2) is 0 Å². The molecule has 1 aromatic heterocycles. The Bertz CT molecular complexity index is 1090. The fourth-order valence-electron chi connectivity index (χ4n) is 3.54. The van der Waals surface area contributed by atoms with Gasteiger partial charge in [-0.2, -0.15) is 4.68 Å². The molecule has 0 aliphatic carbocycles. The first-order chi connectivity index (χ1) is 14.4. The number of hydrogen-bond acceptors (Lipinski definition) is 5. The summed E-state index contributed by atoms with van der Waals surface area (Å²) in [6.07, 6.45) is 0.196. The van der Waals surface area contributed by atoms with E-state index in [1.165, 1.54) is 5.56 Å². The fourth-order valence-corrected chi connectivity index (χ4v) is 3.54. The van der Waals surface area contributed by atoms with Crippen molar-refractivity contribution in [2.75, 3.05) is 11.4 Å². The lowest BCUT2D eigenvalue weighted by atomic mass is 10.1. The third-order valence-corrected chi connectivity index (χ3v) is 5.53. The lowest BCUT2D eigenvalue weighted by molar-refractivity contribution is -0.126. The van der Waals surface area contributed by atoms with Crippen molar-refractivity contribution in [3.63, 3.8) is 0 Å². The molecule has 2 heterocycles. The molecule has 1 saturated heterocycles. The number of nitrogens with one attached hydrogen (secondary N) is 1. The SMILES string of the molecule is Cc1ccc(N2C[C@@H](C(=O)NCc3nnnn3-c3ccc(C)c(C)c3)CC2=O)cc1. The van der Waals surface area contributed by atoms with E-state index in [-0.39, 0.29) is 24.8 Å². The van der Waals surface area contributed by atoms with Crippen LogP contribution in [-0.4, -0.2) is 38.6 Å². The average molecular weight is 404 g/mol. The maximum absolute atomic E-state index is 12.7. The van der Waals surface area contributed by atoms with E-state index in [1.54, 1.807) is 9.58 Å². The molecule has 0 spiro atoms. The third kappa shape index (κ3) is 3.94. The summed E-state index contributed by atoms with van der Waals surface area (Å²) in [5, 5.41) is 14.7. The van der Waals surface area contributed by atoms with Gasteiger partial charge in [0, 0.05) is 18.7 Å². The highest BCUT2D eigenvalue weighted by molar-refractivity contribution is 6.00. The van der Waals surface area contributed by atoms with E-state index < -0.39 is 5.92 Å². The first kappa shape index (κ1) is 19.8. The van der Waals surface area contributed by atoms with Gasteiger partial charge >= 0.3 is 0 Å². The smallest absolute Gasteiger partial charge is 0.227 e. The molecule has 0 saturated carbocycles. The van der Waals surface area contributed by atoms with Gasteiger partial charge in [0.15, 0.2) is 5.82 Å². The lowest BCUT2D eigenvalue weighted by Crippen LogP contribution is -2.33. The Balaban J connectivity index is 1.41. The Morgan fingerprint density at radius 1 is 1.07 bits per heavy atom. The number of anilines is 1. The highest BCUT2D eigenvalue weighted by Crippen LogP contribution is 2.25. The molecule has 1 aliphatic heterocycles. The molecule has 3 aromatic rings. The Morgan fingerprint density at radius 2 is 1.80 bits per heavy atom. The zero-order chi connectivity index (χ0) is 21.3. The van der Waals surface area contributed by atoms with Crippen LogP contribution in [0.3, 0.4) is 0 Å². The normalized spacial score (nSPS) is 16.2. The first-order valence-corrected chi connectivity index (χ1v) is 9.92. The molecule has 2 aromatic carbocycles. The summed E-state index contributed by atoms with van der Waals surface area (Å²) < 4.78 is 1.62.